The first kappa shape index (κ1) is 97.1. The smallest absolute Gasteiger partial charge is 0.361 e. The van der Waals surface area contributed by atoms with Crippen molar-refractivity contribution in [2.45, 2.75) is 334 Å². The van der Waals surface area contributed by atoms with Gasteiger partial charge < -0.3 is 28.5 Å². The summed E-state index contributed by atoms with van der Waals surface area (Å²) >= 11 is 0. The van der Waals surface area contributed by atoms with Crippen LogP contribution in [0.2, 0.25) is 0 Å². The number of nitrogens with zero attached hydrogens (tertiary/aromatic N) is 1. The molecule has 0 aromatic carbocycles. The van der Waals surface area contributed by atoms with Gasteiger partial charge in [0.15, 0.2) is 6.10 Å². The highest BCUT2D eigenvalue weighted by atomic mass is 16.7. The van der Waals surface area contributed by atoms with E-state index in [9.17, 15) is 19.5 Å². The predicted octanol–water partition coefficient (Wildman–Crippen LogP) is 27.3. The Morgan fingerprint density at radius 3 is 0.777 bits per heavy atom. The van der Waals surface area contributed by atoms with E-state index in [-0.39, 0.29) is 32.2 Å². The van der Waals surface area contributed by atoms with Gasteiger partial charge in [0, 0.05) is 12.8 Å². The van der Waals surface area contributed by atoms with Crippen LogP contribution in [0, 0.1) is 0 Å². The van der Waals surface area contributed by atoms with Crippen molar-refractivity contribution < 1.29 is 42.9 Å². The van der Waals surface area contributed by atoms with Crippen molar-refractivity contribution in [3.63, 3.8) is 0 Å². The fraction of sp³-hybridized carbons (Fsp3) is 0.628. The Labute approximate surface area is 633 Å². The molecule has 582 valence electrons. The third kappa shape index (κ3) is 83.3. The number of quaternary nitrogens is 1. The summed E-state index contributed by atoms with van der Waals surface area (Å²) < 4.78 is 23.0. The Morgan fingerprint density at radius 1 is 0.291 bits per heavy atom. The molecule has 0 heterocycles. The lowest BCUT2D eigenvalue weighted by Crippen LogP contribution is -2.40. The molecule has 0 rings (SSSR count). The van der Waals surface area contributed by atoms with Crippen molar-refractivity contribution in [1.82, 2.24) is 0 Å². The van der Waals surface area contributed by atoms with Crippen LogP contribution < -0.4 is 0 Å². The normalized spacial score (nSPS) is 13.7. The molecule has 0 saturated carbocycles. The van der Waals surface area contributed by atoms with Gasteiger partial charge in [-0.25, -0.2) is 4.79 Å². The molecule has 0 spiro atoms. The molecule has 0 aliphatic carbocycles. The van der Waals surface area contributed by atoms with Crippen LogP contribution in [0.1, 0.15) is 322 Å². The van der Waals surface area contributed by atoms with E-state index in [1.165, 1.54) is 141 Å². The summed E-state index contributed by atoms with van der Waals surface area (Å²) in [4.78, 5) is 37.8. The second-order valence-corrected chi connectivity index (χ2v) is 28.3. The van der Waals surface area contributed by atoms with E-state index in [1.807, 2.05) is 21.1 Å². The van der Waals surface area contributed by atoms with Crippen LogP contribution in [0.4, 0.5) is 0 Å². The predicted molar refractivity (Wildman–Crippen MR) is 446 cm³/mol. The number of unbranched alkanes of at least 4 members (excludes halogenated alkanes) is 28. The second kappa shape index (κ2) is 81.8. The highest BCUT2D eigenvalue weighted by Crippen LogP contribution is 2.18. The fourth-order valence-electron chi connectivity index (χ4n) is 11.1. The van der Waals surface area contributed by atoms with Crippen LogP contribution in [0.5, 0.6) is 0 Å². The van der Waals surface area contributed by atoms with Crippen molar-refractivity contribution in [3.05, 3.63) is 194 Å². The Hall–Kier alpha value is -5.87. The Morgan fingerprint density at radius 2 is 0.524 bits per heavy atom. The van der Waals surface area contributed by atoms with Crippen LogP contribution in [-0.2, 0) is 33.3 Å². The van der Waals surface area contributed by atoms with Crippen molar-refractivity contribution >= 4 is 17.9 Å². The van der Waals surface area contributed by atoms with Crippen molar-refractivity contribution in [2.75, 3.05) is 47.5 Å². The van der Waals surface area contributed by atoms with Crippen molar-refractivity contribution in [3.8, 4) is 0 Å². The zero-order chi connectivity index (χ0) is 74.6. The summed E-state index contributed by atoms with van der Waals surface area (Å²) in [6.45, 7) is 4.65. The zero-order valence-electron chi connectivity index (χ0n) is 66.7. The third-order valence-electron chi connectivity index (χ3n) is 17.3. The van der Waals surface area contributed by atoms with Gasteiger partial charge in [0.2, 0.25) is 0 Å². The molecule has 0 radical (unpaired) electrons. The molecular weight excluding hydrogens is 1270 g/mol. The quantitative estimate of drug-likeness (QED) is 0.0211. The second-order valence-electron chi connectivity index (χ2n) is 28.3. The lowest BCUT2D eigenvalue weighted by Gasteiger charge is -2.25. The van der Waals surface area contributed by atoms with E-state index < -0.39 is 24.3 Å². The van der Waals surface area contributed by atoms with Crippen molar-refractivity contribution in [2.24, 2.45) is 0 Å². The summed E-state index contributed by atoms with van der Waals surface area (Å²) in [5, 5.41) is 9.79. The maximum Gasteiger partial charge on any atom is 0.361 e. The Kier molecular flexibility index (Phi) is 77.1. The fourth-order valence-corrected chi connectivity index (χ4v) is 11.1. The molecule has 9 nitrogen and oxygen atoms in total. The van der Waals surface area contributed by atoms with Crippen LogP contribution in [0.15, 0.2) is 194 Å². The van der Waals surface area contributed by atoms with Gasteiger partial charge in [0.05, 0.1) is 34.4 Å². The van der Waals surface area contributed by atoms with E-state index >= 15 is 0 Å². The number of aliphatic carboxylic acids is 1. The first-order valence-corrected chi connectivity index (χ1v) is 41.6. The number of esters is 2. The number of hydrogen-bond acceptors (Lipinski definition) is 7. The van der Waals surface area contributed by atoms with Crippen LogP contribution in [0.3, 0.4) is 0 Å². The number of rotatable bonds is 75. The standard InChI is InChI=1S/C94H153NO8/c1-6-8-10-12-14-16-18-20-22-24-26-28-30-32-34-36-38-40-42-44-45-46-47-49-51-53-55-57-59-61-63-65-67-69-71-73-75-77-79-81-83-85-92(97)103-90(89-102-94(93(98)99)100-87-86-95(3,4)5)88-101-91(96)84-82-80-78-76-74-72-70-68-66-64-62-60-58-56-54-52-50-48-43-41-39-37-35-33-31-29-27-25-23-21-19-17-15-13-11-9-7-2/h8-11,14-17,20-23,26-29,32-35,38-41,44-45,47,49,53,55,59,61,90,94H,6-7,12-13,18-19,24-25,30-31,36-37,42-43,46,48,50-52,54,56-58,60,62-89H2,1-5H3/p+1/b10-8-,11-9-,16-14-,17-15-,22-20-,23-21-,28-26-,29-27-,34-32-,35-33-,40-38-,41-39-,45-44-,49-47-,55-53-,61-59-. The van der Waals surface area contributed by atoms with Crippen molar-refractivity contribution in [1.29, 1.82) is 0 Å². The SMILES string of the molecule is CC/C=C\C/C=C\C/C=C\C/C=C\C/C=C\C/C=C\C/C=C\C/C=C\C/C=C\C/C=C\CCCCCCCCCCCCC(=O)OC(COC(=O)CCCCCCCCCCCCCCCCCCCC/C=C\C/C=C\C/C=C\C/C=C\C/C=C\C/C=C\CC)COC(OCC[N+](C)(C)C)C(=O)O. The van der Waals surface area contributed by atoms with E-state index in [1.54, 1.807) is 0 Å². The zero-order valence-corrected chi connectivity index (χ0v) is 66.7. The highest BCUT2D eigenvalue weighted by Gasteiger charge is 2.25. The summed E-state index contributed by atoms with van der Waals surface area (Å²) in [6.07, 6.45) is 123. The molecule has 0 bridgehead atoms. The van der Waals surface area contributed by atoms with Crippen LogP contribution >= 0.6 is 0 Å². The molecule has 0 amide bonds. The molecule has 1 N–H and O–H groups in total. The lowest BCUT2D eigenvalue weighted by atomic mass is 10.0. The maximum absolute atomic E-state index is 13.0. The molecular formula is C94H154NO8+. The minimum Gasteiger partial charge on any atom is -0.477 e. The number of likely N-dealkylation sites (N-methyl/N-ethyl adjacent to an activating group) is 1. The summed E-state index contributed by atoms with van der Waals surface area (Å²) in [6, 6.07) is 0. The first-order chi connectivity index (χ1) is 50.6. The molecule has 0 saturated heterocycles. The molecule has 0 aliphatic heterocycles. The van der Waals surface area contributed by atoms with Gasteiger partial charge in [0.25, 0.3) is 6.29 Å². The molecule has 9 heteroatoms. The van der Waals surface area contributed by atoms with E-state index in [0.717, 1.165) is 148 Å². The minimum absolute atomic E-state index is 0.180. The van der Waals surface area contributed by atoms with Gasteiger partial charge in [-0.2, -0.15) is 0 Å². The van der Waals surface area contributed by atoms with Gasteiger partial charge in [-0.15, -0.1) is 0 Å². The average Bonchev–Trinajstić information content (AvgIpc) is 1.01. The third-order valence-corrected chi connectivity index (χ3v) is 17.3. The largest absolute Gasteiger partial charge is 0.477 e. The number of allylic oxidation sites excluding steroid dienone is 32. The molecule has 2 unspecified atom stereocenters. The Bertz CT molecular complexity index is 2410. The molecule has 0 aromatic rings. The maximum atomic E-state index is 13.0. The van der Waals surface area contributed by atoms with Gasteiger partial charge in [0.1, 0.15) is 13.2 Å². The highest BCUT2D eigenvalue weighted by molar-refractivity contribution is 5.71. The van der Waals surface area contributed by atoms with E-state index in [4.69, 9.17) is 18.9 Å². The number of carboxylic acid groups (broad SMARTS) is 1. The topological polar surface area (TPSA) is 108 Å². The first-order valence-electron chi connectivity index (χ1n) is 41.6. The van der Waals surface area contributed by atoms with Crippen LogP contribution in [-0.4, -0.2) is 87.4 Å². The van der Waals surface area contributed by atoms with Gasteiger partial charge in [-0.05, 0) is 141 Å². The molecule has 0 aliphatic rings. The number of carbonyl (C=O) groups is 3. The monoisotopic (exact) mass is 1430 g/mol. The van der Waals surface area contributed by atoms with E-state index in [2.05, 4.69) is 208 Å². The number of ether oxygens (including phenoxy) is 4. The summed E-state index contributed by atoms with van der Waals surface area (Å²) in [7, 11) is 5.98. The number of carbonyl (C=O) groups excluding carboxylic acids is 2. The molecule has 2 atom stereocenters. The van der Waals surface area contributed by atoms with Gasteiger partial charge in [-0.3, -0.25) is 9.59 Å². The van der Waals surface area contributed by atoms with Gasteiger partial charge in [-0.1, -0.05) is 362 Å². The Balaban J connectivity index is 4.08. The summed E-state index contributed by atoms with van der Waals surface area (Å²) in [5.41, 5.74) is 0. The van der Waals surface area contributed by atoms with Gasteiger partial charge >= 0.3 is 17.9 Å². The molecule has 0 aromatic heterocycles. The number of hydrogen-bond donors (Lipinski definition) is 1. The minimum atomic E-state index is -1.52. The summed E-state index contributed by atoms with van der Waals surface area (Å²) in [5.74, 6) is -2.01. The lowest BCUT2D eigenvalue weighted by molar-refractivity contribution is -0.870. The van der Waals surface area contributed by atoms with Crippen LogP contribution in [0.25, 0.3) is 0 Å². The number of carboxylic acids is 1. The molecule has 0 fully saturated rings. The molecule has 103 heavy (non-hydrogen) atoms. The average molecular weight is 1430 g/mol. The van der Waals surface area contributed by atoms with E-state index in [0.29, 0.717) is 23.9 Å².